The lowest BCUT2D eigenvalue weighted by Gasteiger charge is -2.34. The molecule has 2 heteroatoms. The molecule has 0 N–H and O–H groups in total. The average molecular weight is 310 g/mol. The summed E-state index contributed by atoms with van der Waals surface area (Å²) in [5, 5.41) is 0. The minimum atomic E-state index is 0.120. The van der Waals surface area contributed by atoms with E-state index in [1.807, 2.05) is 0 Å². The lowest BCUT2D eigenvalue weighted by molar-refractivity contribution is 0.410. The highest BCUT2D eigenvalue weighted by molar-refractivity contribution is 5.43. The zero-order valence-electron chi connectivity index (χ0n) is 14.2. The SMILES string of the molecule is COc1ccc(C2(c3ccc(OC)cc3)CCCCCC2)cc1. The predicted molar refractivity (Wildman–Crippen MR) is 94.5 cm³/mol. The standard InChI is InChI=1S/C21H26O2/c1-22-19-11-7-17(8-12-19)21(15-5-3-4-6-16-21)18-9-13-20(23-2)14-10-18/h7-14H,3-6,15-16H2,1-2H3. The van der Waals surface area contributed by atoms with Crippen molar-refractivity contribution in [3.63, 3.8) is 0 Å². The summed E-state index contributed by atoms with van der Waals surface area (Å²) in [4.78, 5) is 0. The number of methoxy groups -OCH3 is 2. The van der Waals surface area contributed by atoms with Crippen molar-refractivity contribution in [1.29, 1.82) is 0 Å². The van der Waals surface area contributed by atoms with E-state index in [2.05, 4.69) is 48.5 Å². The summed E-state index contributed by atoms with van der Waals surface area (Å²) >= 11 is 0. The fourth-order valence-electron chi connectivity index (χ4n) is 3.90. The molecule has 3 rings (SSSR count). The van der Waals surface area contributed by atoms with Crippen LogP contribution < -0.4 is 9.47 Å². The van der Waals surface area contributed by atoms with Crippen LogP contribution in [0.4, 0.5) is 0 Å². The van der Waals surface area contributed by atoms with Gasteiger partial charge in [0.15, 0.2) is 0 Å². The molecule has 0 heterocycles. The number of hydrogen-bond acceptors (Lipinski definition) is 2. The van der Waals surface area contributed by atoms with Crippen LogP contribution in [0.5, 0.6) is 11.5 Å². The van der Waals surface area contributed by atoms with Crippen molar-refractivity contribution in [2.75, 3.05) is 14.2 Å². The first-order valence-electron chi connectivity index (χ1n) is 8.57. The topological polar surface area (TPSA) is 18.5 Å². The average Bonchev–Trinajstić information content (AvgIpc) is 2.89. The second-order valence-electron chi connectivity index (χ2n) is 6.45. The highest BCUT2D eigenvalue weighted by Crippen LogP contribution is 2.44. The van der Waals surface area contributed by atoms with Gasteiger partial charge in [0.2, 0.25) is 0 Å². The molecule has 0 aliphatic heterocycles. The van der Waals surface area contributed by atoms with Crippen LogP contribution >= 0.6 is 0 Å². The zero-order valence-corrected chi connectivity index (χ0v) is 14.2. The molecule has 0 aromatic heterocycles. The van der Waals surface area contributed by atoms with Crippen molar-refractivity contribution in [2.24, 2.45) is 0 Å². The van der Waals surface area contributed by atoms with Crippen molar-refractivity contribution >= 4 is 0 Å². The maximum absolute atomic E-state index is 5.33. The Morgan fingerprint density at radius 3 is 1.35 bits per heavy atom. The molecule has 1 saturated carbocycles. The van der Waals surface area contributed by atoms with Crippen molar-refractivity contribution in [3.05, 3.63) is 59.7 Å². The molecule has 0 atom stereocenters. The summed E-state index contributed by atoms with van der Waals surface area (Å²) in [7, 11) is 3.44. The molecule has 0 radical (unpaired) electrons. The van der Waals surface area contributed by atoms with Crippen molar-refractivity contribution in [2.45, 2.75) is 43.9 Å². The van der Waals surface area contributed by atoms with E-state index in [9.17, 15) is 0 Å². The third kappa shape index (κ3) is 3.21. The third-order valence-electron chi connectivity index (χ3n) is 5.24. The minimum Gasteiger partial charge on any atom is -0.497 e. The molecule has 0 spiro atoms. The van der Waals surface area contributed by atoms with Gasteiger partial charge in [0.05, 0.1) is 14.2 Å². The van der Waals surface area contributed by atoms with Crippen LogP contribution in [0.1, 0.15) is 49.7 Å². The maximum Gasteiger partial charge on any atom is 0.118 e. The maximum atomic E-state index is 5.33. The molecular weight excluding hydrogens is 284 g/mol. The highest BCUT2D eigenvalue weighted by Gasteiger charge is 2.34. The van der Waals surface area contributed by atoms with Gasteiger partial charge >= 0.3 is 0 Å². The zero-order chi connectivity index (χ0) is 16.1. The molecular formula is C21H26O2. The van der Waals surface area contributed by atoms with Gasteiger partial charge in [0, 0.05) is 5.41 Å². The van der Waals surface area contributed by atoms with Crippen molar-refractivity contribution in [3.8, 4) is 11.5 Å². The smallest absolute Gasteiger partial charge is 0.118 e. The lowest BCUT2D eigenvalue weighted by atomic mass is 9.69. The number of ether oxygens (including phenoxy) is 2. The Bertz CT molecular complexity index is 556. The minimum absolute atomic E-state index is 0.120. The monoisotopic (exact) mass is 310 g/mol. The Morgan fingerprint density at radius 2 is 1.00 bits per heavy atom. The Balaban J connectivity index is 2.04. The van der Waals surface area contributed by atoms with Crippen LogP contribution in [0.15, 0.2) is 48.5 Å². The van der Waals surface area contributed by atoms with E-state index in [4.69, 9.17) is 9.47 Å². The Morgan fingerprint density at radius 1 is 0.609 bits per heavy atom. The summed E-state index contributed by atoms with van der Waals surface area (Å²) in [5.74, 6) is 1.85. The molecule has 2 nitrogen and oxygen atoms in total. The Kier molecular flexibility index (Phi) is 4.90. The van der Waals surface area contributed by atoms with Gasteiger partial charge in [-0.15, -0.1) is 0 Å². The van der Waals surface area contributed by atoms with Gasteiger partial charge in [-0.2, -0.15) is 0 Å². The van der Waals surface area contributed by atoms with E-state index < -0.39 is 0 Å². The second-order valence-corrected chi connectivity index (χ2v) is 6.45. The van der Waals surface area contributed by atoms with Gasteiger partial charge in [0.1, 0.15) is 11.5 Å². The summed E-state index contributed by atoms with van der Waals surface area (Å²) in [6.45, 7) is 0. The number of rotatable bonds is 4. The third-order valence-corrected chi connectivity index (χ3v) is 5.24. The molecule has 1 aliphatic rings. The first-order chi connectivity index (χ1) is 11.3. The number of benzene rings is 2. The molecule has 122 valence electrons. The molecule has 0 amide bonds. The fraction of sp³-hybridized carbons (Fsp3) is 0.429. The molecule has 2 aromatic rings. The molecule has 0 unspecified atom stereocenters. The van der Waals surface area contributed by atoms with E-state index in [0.29, 0.717) is 0 Å². The van der Waals surface area contributed by atoms with Gasteiger partial charge < -0.3 is 9.47 Å². The Labute approximate surface area is 139 Å². The first-order valence-corrected chi connectivity index (χ1v) is 8.57. The van der Waals surface area contributed by atoms with Crippen LogP contribution in [-0.2, 0) is 5.41 Å². The molecule has 0 saturated heterocycles. The largest absolute Gasteiger partial charge is 0.497 e. The first kappa shape index (κ1) is 15.9. The summed E-state index contributed by atoms with van der Waals surface area (Å²) in [6.07, 6.45) is 7.69. The summed E-state index contributed by atoms with van der Waals surface area (Å²) < 4.78 is 10.7. The molecule has 1 fully saturated rings. The van der Waals surface area contributed by atoms with E-state index >= 15 is 0 Å². The van der Waals surface area contributed by atoms with Gasteiger partial charge in [-0.3, -0.25) is 0 Å². The van der Waals surface area contributed by atoms with E-state index in [1.54, 1.807) is 14.2 Å². The lowest BCUT2D eigenvalue weighted by Crippen LogP contribution is -2.27. The predicted octanol–water partition coefficient (Wildman–Crippen LogP) is 5.34. The second kappa shape index (κ2) is 7.08. The quantitative estimate of drug-likeness (QED) is 0.709. The molecule has 0 bridgehead atoms. The van der Waals surface area contributed by atoms with Crippen LogP contribution in [0.3, 0.4) is 0 Å². The van der Waals surface area contributed by atoms with E-state index in [1.165, 1.54) is 49.7 Å². The normalized spacial score (nSPS) is 17.3. The Hall–Kier alpha value is -1.96. The summed E-state index contributed by atoms with van der Waals surface area (Å²) in [5.41, 5.74) is 2.94. The van der Waals surface area contributed by atoms with Gasteiger partial charge in [-0.25, -0.2) is 0 Å². The van der Waals surface area contributed by atoms with E-state index in [-0.39, 0.29) is 5.41 Å². The van der Waals surface area contributed by atoms with Crippen LogP contribution in [0, 0.1) is 0 Å². The highest BCUT2D eigenvalue weighted by atomic mass is 16.5. The number of hydrogen-bond donors (Lipinski definition) is 0. The van der Waals surface area contributed by atoms with Crippen molar-refractivity contribution in [1.82, 2.24) is 0 Å². The molecule has 2 aromatic carbocycles. The summed E-state index contributed by atoms with van der Waals surface area (Å²) in [6, 6.07) is 17.3. The van der Waals surface area contributed by atoms with Gasteiger partial charge in [0.25, 0.3) is 0 Å². The van der Waals surface area contributed by atoms with Crippen molar-refractivity contribution < 1.29 is 9.47 Å². The van der Waals surface area contributed by atoms with Gasteiger partial charge in [-0.05, 0) is 48.2 Å². The fourth-order valence-corrected chi connectivity index (χ4v) is 3.90. The van der Waals surface area contributed by atoms with Gasteiger partial charge in [-0.1, -0.05) is 49.9 Å². The van der Waals surface area contributed by atoms with Crippen LogP contribution in [-0.4, -0.2) is 14.2 Å². The van der Waals surface area contributed by atoms with E-state index in [0.717, 1.165) is 11.5 Å². The van der Waals surface area contributed by atoms with Crippen LogP contribution in [0.25, 0.3) is 0 Å². The van der Waals surface area contributed by atoms with Crippen LogP contribution in [0.2, 0.25) is 0 Å². The molecule has 1 aliphatic carbocycles. The molecule has 23 heavy (non-hydrogen) atoms.